The van der Waals surface area contributed by atoms with E-state index in [1.165, 1.54) is 32.3 Å². The van der Waals surface area contributed by atoms with Gasteiger partial charge in [-0.3, -0.25) is 0 Å². The molecule has 7 aromatic carbocycles. The molecule has 0 aliphatic heterocycles. The van der Waals surface area contributed by atoms with Gasteiger partial charge in [-0.25, -0.2) is 4.98 Å². The molecule has 0 saturated heterocycles. The summed E-state index contributed by atoms with van der Waals surface area (Å²) in [7, 11) is 0. The molecule has 3 heterocycles. The summed E-state index contributed by atoms with van der Waals surface area (Å²) >= 11 is 0. The lowest BCUT2D eigenvalue weighted by molar-refractivity contribution is 1.18. The van der Waals surface area contributed by atoms with Gasteiger partial charge in [0.2, 0.25) is 0 Å². The minimum absolute atomic E-state index is 0.388. The van der Waals surface area contributed by atoms with E-state index in [-0.39, 0.29) is 0 Å². The van der Waals surface area contributed by atoms with Crippen LogP contribution in [0.15, 0.2) is 176 Å². The largest absolute Gasteiger partial charge is 0.361 e. The molecule has 0 bridgehead atoms. The van der Waals surface area contributed by atoms with Gasteiger partial charge in [-0.2, -0.15) is 5.26 Å². The van der Waals surface area contributed by atoms with E-state index >= 15 is 0 Å². The smallest absolute Gasteiger partial charge is 0.270 e. The van der Waals surface area contributed by atoms with Gasteiger partial charge >= 0.3 is 0 Å². The van der Waals surface area contributed by atoms with Gasteiger partial charge in [-0.1, -0.05) is 122 Å². The van der Waals surface area contributed by atoms with Crippen molar-refractivity contribution in [2.24, 2.45) is 0 Å². The predicted octanol–water partition coefficient (Wildman–Crippen LogP) is 13.0. The number of aromatic nitrogens is 3. The van der Waals surface area contributed by atoms with E-state index in [1.54, 1.807) is 12.4 Å². The average Bonchev–Trinajstić information content (AvgIpc) is 3.61. The van der Waals surface area contributed by atoms with Crippen LogP contribution in [0, 0.1) is 17.9 Å². The highest BCUT2D eigenvalue weighted by Gasteiger charge is 2.21. The molecule has 254 valence electrons. The van der Waals surface area contributed by atoms with E-state index in [0.29, 0.717) is 11.5 Å². The van der Waals surface area contributed by atoms with Crippen LogP contribution < -0.4 is 0 Å². The first kappa shape index (κ1) is 31.8. The van der Waals surface area contributed by atoms with Crippen molar-refractivity contribution < 1.29 is 0 Å². The Kier molecular flexibility index (Phi) is 7.51. The van der Waals surface area contributed by atoms with Crippen LogP contribution in [0.3, 0.4) is 0 Å². The third kappa shape index (κ3) is 5.31. The fourth-order valence-corrected chi connectivity index (χ4v) is 8.08. The number of pyridine rings is 2. The van der Waals surface area contributed by atoms with Crippen LogP contribution in [0.4, 0.5) is 5.82 Å². The zero-order chi connectivity index (χ0) is 36.9. The summed E-state index contributed by atoms with van der Waals surface area (Å²) in [6.07, 6.45) is 3.38. The quantitative estimate of drug-likeness (QED) is 0.168. The molecule has 0 spiro atoms. The van der Waals surface area contributed by atoms with E-state index in [2.05, 4.69) is 165 Å². The van der Waals surface area contributed by atoms with Gasteiger partial charge in [0.15, 0.2) is 0 Å². The third-order valence-electron chi connectivity index (χ3n) is 10.6. The van der Waals surface area contributed by atoms with Crippen molar-refractivity contribution >= 4 is 49.2 Å². The van der Waals surface area contributed by atoms with Crippen LogP contribution in [-0.2, 0) is 0 Å². The highest BCUT2D eigenvalue weighted by molar-refractivity contribution is 6.31. The van der Waals surface area contributed by atoms with Crippen molar-refractivity contribution in [1.82, 2.24) is 14.5 Å². The zero-order valence-electron chi connectivity index (χ0n) is 29.5. The second-order valence-electron chi connectivity index (χ2n) is 13.6. The van der Waals surface area contributed by atoms with Crippen molar-refractivity contribution in [3.05, 3.63) is 193 Å². The number of hydrogen-bond donors (Lipinski definition) is 0. The molecule has 0 aliphatic carbocycles. The molecule has 0 saturated carbocycles. The molecular formula is C50H29N5. The summed E-state index contributed by atoms with van der Waals surface area (Å²) in [6, 6.07) is 59.8. The topological polar surface area (TPSA) is 58.9 Å². The van der Waals surface area contributed by atoms with Crippen LogP contribution in [-0.4, -0.2) is 14.5 Å². The summed E-state index contributed by atoms with van der Waals surface area (Å²) in [5, 5.41) is 16.6. The molecule has 0 unspecified atom stereocenters. The van der Waals surface area contributed by atoms with Crippen molar-refractivity contribution in [1.29, 1.82) is 5.26 Å². The summed E-state index contributed by atoms with van der Waals surface area (Å²) < 4.78 is 2.42. The lowest BCUT2D eigenvalue weighted by Crippen LogP contribution is -1.95. The molecule has 5 heteroatoms. The Labute approximate surface area is 317 Å². The number of fused-ring (bicyclic) bond motifs is 7. The van der Waals surface area contributed by atoms with Crippen LogP contribution in [0.2, 0.25) is 0 Å². The first-order valence-corrected chi connectivity index (χ1v) is 18.1. The Morgan fingerprint density at radius 2 is 0.945 bits per heavy atom. The minimum Gasteiger partial charge on any atom is -0.361 e. The molecule has 5 nitrogen and oxygen atoms in total. The van der Waals surface area contributed by atoms with E-state index in [9.17, 15) is 5.26 Å². The van der Waals surface area contributed by atoms with Crippen molar-refractivity contribution in [3.8, 4) is 56.3 Å². The van der Waals surface area contributed by atoms with Gasteiger partial charge in [0, 0.05) is 22.7 Å². The predicted molar refractivity (Wildman–Crippen MR) is 224 cm³/mol. The Hall–Kier alpha value is -7.86. The van der Waals surface area contributed by atoms with Gasteiger partial charge in [-0.15, -0.1) is 4.98 Å². The van der Waals surface area contributed by atoms with Crippen LogP contribution >= 0.6 is 0 Å². The number of nitrogens with zero attached hydrogens (tertiary/aromatic N) is 5. The number of para-hydroxylation sites is 1. The highest BCUT2D eigenvalue weighted by atomic mass is 15.0. The van der Waals surface area contributed by atoms with Crippen LogP contribution in [0.25, 0.3) is 98.4 Å². The maximum Gasteiger partial charge on any atom is 0.270 e. The van der Waals surface area contributed by atoms with Gasteiger partial charge < -0.3 is 9.41 Å². The average molecular weight is 700 g/mol. The lowest BCUT2D eigenvalue weighted by atomic mass is 9.91. The monoisotopic (exact) mass is 699 g/mol. The third-order valence-corrected chi connectivity index (χ3v) is 10.6. The molecule has 0 aliphatic rings. The number of rotatable bonds is 5. The van der Waals surface area contributed by atoms with Crippen molar-refractivity contribution in [2.75, 3.05) is 0 Å². The SMILES string of the molecule is [C-]#[N+]c1cc(-c2ccc(-c3cc4c(c5ccccc35)c3c5ccccc5c(-c5ccc(-c6ccnc(C#N)c6)cc5)cc3n4-c3ccccc3)cc2)ccn1. The van der Waals surface area contributed by atoms with E-state index in [4.69, 9.17) is 6.57 Å². The summed E-state index contributed by atoms with van der Waals surface area (Å²) in [5.74, 6) is 0.388. The normalized spacial score (nSPS) is 11.2. The maximum absolute atomic E-state index is 9.42. The van der Waals surface area contributed by atoms with E-state index < -0.39 is 0 Å². The molecule has 0 N–H and O–H groups in total. The zero-order valence-corrected chi connectivity index (χ0v) is 29.5. The summed E-state index contributed by atoms with van der Waals surface area (Å²) in [6.45, 7) is 7.41. The van der Waals surface area contributed by atoms with Gasteiger partial charge in [-0.05, 0) is 115 Å². The molecule has 0 atom stereocenters. The molecule has 3 aromatic heterocycles. The Balaban J connectivity index is 1.23. The van der Waals surface area contributed by atoms with E-state index in [0.717, 1.165) is 61.2 Å². The Bertz CT molecular complexity index is 3000. The second-order valence-corrected chi connectivity index (χ2v) is 13.6. The lowest BCUT2D eigenvalue weighted by Gasteiger charge is -2.13. The fraction of sp³-hybridized carbons (Fsp3) is 0. The number of hydrogen-bond acceptors (Lipinski definition) is 3. The van der Waals surface area contributed by atoms with E-state index in [1.807, 2.05) is 24.3 Å². The van der Waals surface area contributed by atoms with Gasteiger partial charge in [0.05, 0.1) is 11.0 Å². The molecule has 10 rings (SSSR count). The standard InChI is InChI=1S/C50H29N5/c1-52-48-28-37(24-26-54-48)33-17-21-35(22-18-33)45-30-47-50(43-14-8-6-12-41(43)45)49-42-13-7-5-11-40(42)44(29-46(49)55(47)39-9-3-2-4-10-39)34-19-15-32(16-20-34)36-23-25-53-38(27-36)31-51/h2-30H. The summed E-state index contributed by atoms with van der Waals surface area (Å²) in [5.41, 5.74) is 12.3. The van der Waals surface area contributed by atoms with Crippen LogP contribution in [0.5, 0.6) is 0 Å². The van der Waals surface area contributed by atoms with Gasteiger partial charge in [0.25, 0.3) is 5.82 Å². The fourth-order valence-electron chi connectivity index (χ4n) is 8.08. The summed E-state index contributed by atoms with van der Waals surface area (Å²) in [4.78, 5) is 11.8. The Morgan fingerprint density at radius 1 is 0.473 bits per heavy atom. The first-order chi connectivity index (χ1) is 27.2. The number of nitriles is 1. The second kappa shape index (κ2) is 13.0. The molecule has 55 heavy (non-hydrogen) atoms. The van der Waals surface area contributed by atoms with Gasteiger partial charge in [0.1, 0.15) is 18.0 Å². The molecule has 10 aromatic rings. The minimum atomic E-state index is 0.388. The Morgan fingerprint density at radius 3 is 1.47 bits per heavy atom. The highest BCUT2D eigenvalue weighted by Crippen LogP contribution is 2.46. The maximum atomic E-state index is 9.42. The first-order valence-electron chi connectivity index (χ1n) is 18.1. The molecule has 0 fully saturated rings. The van der Waals surface area contributed by atoms with Crippen molar-refractivity contribution in [2.45, 2.75) is 0 Å². The molecule has 0 radical (unpaired) electrons. The van der Waals surface area contributed by atoms with Crippen LogP contribution in [0.1, 0.15) is 5.69 Å². The van der Waals surface area contributed by atoms with Crippen molar-refractivity contribution in [3.63, 3.8) is 0 Å². The molecule has 0 amide bonds. The molecular weight excluding hydrogens is 671 g/mol. The number of benzene rings is 7.